The molecule has 0 atom stereocenters. The van der Waals surface area contributed by atoms with Crippen molar-refractivity contribution >= 4 is 6.29 Å². The first-order chi connectivity index (χ1) is 9.65. The molecule has 0 fully saturated rings. The van der Waals surface area contributed by atoms with Crippen LogP contribution in [-0.2, 0) is 6.61 Å². The third-order valence-corrected chi connectivity index (χ3v) is 2.74. The molecule has 0 aromatic heterocycles. The van der Waals surface area contributed by atoms with Crippen molar-refractivity contribution in [1.29, 1.82) is 0 Å². The Bertz CT molecular complexity index is 627. The topological polar surface area (TPSA) is 35.5 Å². The van der Waals surface area contributed by atoms with E-state index in [1.54, 1.807) is 18.2 Å². The molecule has 0 radical (unpaired) electrons. The van der Waals surface area contributed by atoms with Gasteiger partial charge in [0.05, 0.1) is 7.11 Å². The van der Waals surface area contributed by atoms with Crippen LogP contribution in [0.15, 0.2) is 36.4 Å². The monoisotopic (exact) mass is 278 g/mol. The lowest BCUT2D eigenvalue weighted by atomic mass is 10.1. The van der Waals surface area contributed by atoms with E-state index < -0.39 is 11.6 Å². The van der Waals surface area contributed by atoms with Crippen LogP contribution in [0.3, 0.4) is 0 Å². The lowest BCUT2D eigenvalue weighted by molar-refractivity contribution is 0.112. The summed E-state index contributed by atoms with van der Waals surface area (Å²) in [5, 5.41) is 0. The number of benzene rings is 2. The standard InChI is InChI=1S/C15H12F2O3/c1-19-13-6-5-10(8-18)7-11(13)9-20-14-4-2-3-12(16)15(14)17/h2-8H,9H2,1H3. The molecule has 0 saturated heterocycles. The van der Waals surface area contributed by atoms with Gasteiger partial charge in [-0.2, -0.15) is 4.39 Å². The third-order valence-electron chi connectivity index (χ3n) is 2.74. The van der Waals surface area contributed by atoms with E-state index in [1.807, 2.05) is 0 Å². The Morgan fingerprint density at radius 3 is 2.65 bits per heavy atom. The van der Waals surface area contributed by atoms with E-state index in [0.29, 0.717) is 23.2 Å². The van der Waals surface area contributed by atoms with Crippen molar-refractivity contribution in [3.05, 3.63) is 59.2 Å². The van der Waals surface area contributed by atoms with Gasteiger partial charge in [0.15, 0.2) is 11.6 Å². The molecule has 5 heteroatoms. The molecule has 104 valence electrons. The second-order valence-electron chi connectivity index (χ2n) is 4.03. The summed E-state index contributed by atoms with van der Waals surface area (Å²) in [7, 11) is 1.47. The normalized spacial score (nSPS) is 10.2. The summed E-state index contributed by atoms with van der Waals surface area (Å²) in [6, 6.07) is 8.47. The zero-order chi connectivity index (χ0) is 14.5. The van der Waals surface area contributed by atoms with Gasteiger partial charge in [0.1, 0.15) is 18.6 Å². The highest BCUT2D eigenvalue weighted by molar-refractivity contribution is 5.75. The van der Waals surface area contributed by atoms with Crippen LogP contribution in [0.4, 0.5) is 8.78 Å². The van der Waals surface area contributed by atoms with Crippen molar-refractivity contribution in [2.75, 3.05) is 7.11 Å². The zero-order valence-corrected chi connectivity index (χ0v) is 10.7. The SMILES string of the molecule is COc1ccc(C=O)cc1COc1cccc(F)c1F. The molecule has 0 aliphatic rings. The highest BCUT2D eigenvalue weighted by Gasteiger charge is 2.11. The van der Waals surface area contributed by atoms with Gasteiger partial charge in [-0.25, -0.2) is 4.39 Å². The van der Waals surface area contributed by atoms with Gasteiger partial charge in [0.25, 0.3) is 0 Å². The average Bonchev–Trinajstić information content (AvgIpc) is 2.48. The maximum atomic E-state index is 13.4. The number of aldehydes is 1. The van der Waals surface area contributed by atoms with E-state index in [9.17, 15) is 13.6 Å². The fraction of sp³-hybridized carbons (Fsp3) is 0.133. The van der Waals surface area contributed by atoms with E-state index in [0.717, 1.165) is 6.07 Å². The first-order valence-corrected chi connectivity index (χ1v) is 5.84. The molecule has 0 aliphatic heterocycles. The van der Waals surface area contributed by atoms with Crippen LogP contribution < -0.4 is 9.47 Å². The highest BCUT2D eigenvalue weighted by Crippen LogP contribution is 2.24. The molecule has 3 nitrogen and oxygen atoms in total. The number of carbonyl (C=O) groups is 1. The number of hydrogen-bond donors (Lipinski definition) is 0. The number of carbonyl (C=O) groups excluding carboxylic acids is 1. The summed E-state index contributed by atoms with van der Waals surface area (Å²) in [6.07, 6.45) is 0.686. The molecule has 0 unspecified atom stereocenters. The van der Waals surface area contributed by atoms with Gasteiger partial charge in [0, 0.05) is 11.1 Å². The fourth-order valence-electron chi connectivity index (χ4n) is 1.74. The minimum atomic E-state index is -1.04. The molecule has 0 aliphatic carbocycles. The molecule has 0 heterocycles. The second kappa shape index (κ2) is 6.14. The van der Waals surface area contributed by atoms with Crippen LogP contribution in [0.5, 0.6) is 11.5 Å². The maximum Gasteiger partial charge on any atom is 0.200 e. The number of halogens is 2. The number of rotatable bonds is 5. The minimum Gasteiger partial charge on any atom is -0.496 e. The summed E-state index contributed by atoms with van der Waals surface area (Å²) >= 11 is 0. The number of methoxy groups -OCH3 is 1. The highest BCUT2D eigenvalue weighted by atomic mass is 19.2. The summed E-state index contributed by atoms with van der Waals surface area (Å²) < 4.78 is 36.8. The Labute approximate surface area is 114 Å². The van der Waals surface area contributed by atoms with E-state index in [-0.39, 0.29) is 12.4 Å². The van der Waals surface area contributed by atoms with Crippen LogP contribution >= 0.6 is 0 Å². The third kappa shape index (κ3) is 2.93. The first-order valence-electron chi connectivity index (χ1n) is 5.84. The molecule has 0 bridgehead atoms. The number of hydrogen-bond acceptors (Lipinski definition) is 3. The van der Waals surface area contributed by atoms with Crippen molar-refractivity contribution in [2.45, 2.75) is 6.61 Å². The number of ether oxygens (including phenoxy) is 2. The van der Waals surface area contributed by atoms with Gasteiger partial charge in [-0.05, 0) is 30.3 Å². The molecule has 2 rings (SSSR count). The summed E-state index contributed by atoms with van der Waals surface area (Å²) in [4.78, 5) is 10.7. The fourth-order valence-corrected chi connectivity index (χ4v) is 1.74. The van der Waals surface area contributed by atoms with Crippen LogP contribution in [0, 0.1) is 11.6 Å². The van der Waals surface area contributed by atoms with Gasteiger partial charge >= 0.3 is 0 Å². The van der Waals surface area contributed by atoms with Crippen LogP contribution in [0.2, 0.25) is 0 Å². The van der Waals surface area contributed by atoms with E-state index >= 15 is 0 Å². The Morgan fingerprint density at radius 2 is 1.95 bits per heavy atom. The average molecular weight is 278 g/mol. The molecular formula is C15H12F2O3. The van der Waals surface area contributed by atoms with E-state index in [2.05, 4.69) is 0 Å². The molecule has 2 aromatic rings. The van der Waals surface area contributed by atoms with Gasteiger partial charge in [-0.1, -0.05) is 6.07 Å². The second-order valence-corrected chi connectivity index (χ2v) is 4.03. The van der Waals surface area contributed by atoms with Crippen molar-refractivity contribution in [3.63, 3.8) is 0 Å². The van der Waals surface area contributed by atoms with Crippen molar-refractivity contribution in [2.24, 2.45) is 0 Å². The first kappa shape index (κ1) is 14.0. The summed E-state index contributed by atoms with van der Waals surface area (Å²) in [5.41, 5.74) is 1.02. The predicted molar refractivity (Wildman–Crippen MR) is 69.1 cm³/mol. The van der Waals surface area contributed by atoms with Crippen LogP contribution in [0.25, 0.3) is 0 Å². The smallest absolute Gasteiger partial charge is 0.200 e. The molecular weight excluding hydrogens is 266 g/mol. The van der Waals surface area contributed by atoms with Gasteiger partial charge in [-0.3, -0.25) is 4.79 Å². The van der Waals surface area contributed by atoms with Crippen molar-refractivity contribution in [1.82, 2.24) is 0 Å². The maximum absolute atomic E-state index is 13.4. The molecule has 20 heavy (non-hydrogen) atoms. The van der Waals surface area contributed by atoms with Crippen molar-refractivity contribution in [3.8, 4) is 11.5 Å². The largest absolute Gasteiger partial charge is 0.496 e. The van der Waals surface area contributed by atoms with Crippen molar-refractivity contribution < 1.29 is 23.0 Å². The Kier molecular flexibility index (Phi) is 4.30. The zero-order valence-electron chi connectivity index (χ0n) is 10.7. The quantitative estimate of drug-likeness (QED) is 0.787. The molecule has 0 N–H and O–H groups in total. The van der Waals surface area contributed by atoms with E-state index in [1.165, 1.54) is 19.2 Å². The Morgan fingerprint density at radius 1 is 1.15 bits per heavy atom. The Balaban J connectivity index is 2.21. The Hall–Kier alpha value is -2.43. The minimum absolute atomic E-state index is 0.0365. The lowest BCUT2D eigenvalue weighted by Crippen LogP contribution is -2.02. The van der Waals surface area contributed by atoms with Gasteiger partial charge in [0.2, 0.25) is 5.82 Å². The molecule has 2 aromatic carbocycles. The van der Waals surface area contributed by atoms with Gasteiger partial charge in [-0.15, -0.1) is 0 Å². The van der Waals surface area contributed by atoms with E-state index in [4.69, 9.17) is 9.47 Å². The molecule has 0 spiro atoms. The summed E-state index contributed by atoms with van der Waals surface area (Å²) in [5.74, 6) is -1.70. The molecule has 0 amide bonds. The lowest BCUT2D eigenvalue weighted by Gasteiger charge is -2.11. The molecule has 0 saturated carbocycles. The van der Waals surface area contributed by atoms with Gasteiger partial charge < -0.3 is 9.47 Å². The van der Waals surface area contributed by atoms with Crippen LogP contribution in [-0.4, -0.2) is 13.4 Å². The summed E-state index contributed by atoms with van der Waals surface area (Å²) in [6.45, 7) is -0.0365. The van der Waals surface area contributed by atoms with Crippen LogP contribution in [0.1, 0.15) is 15.9 Å². The predicted octanol–water partition coefficient (Wildman–Crippen LogP) is 3.36.